The predicted molar refractivity (Wildman–Crippen MR) is 118 cm³/mol. The van der Waals surface area contributed by atoms with Gasteiger partial charge < -0.3 is 15.8 Å². The Morgan fingerprint density at radius 3 is 2.34 bits per heavy atom. The first-order valence-electron chi connectivity index (χ1n) is 9.20. The van der Waals surface area contributed by atoms with E-state index >= 15 is 0 Å². The number of benzene rings is 2. The number of nitriles is 1. The van der Waals surface area contributed by atoms with E-state index in [1.165, 1.54) is 0 Å². The number of amidine groups is 1. The van der Waals surface area contributed by atoms with Gasteiger partial charge >= 0.3 is 5.97 Å². The van der Waals surface area contributed by atoms with Crippen LogP contribution >= 0.6 is 12.4 Å². The number of aryl methyl sites for hydroxylation is 1. The maximum atomic E-state index is 12.7. The summed E-state index contributed by atoms with van der Waals surface area (Å²) in [6, 6.07) is 12.0. The van der Waals surface area contributed by atoms with E-state index in [4.69, 9.17) is 21.1 Å². The normalized spacial score (nSPS) is 11.2. The van der Waals surface area contributed by atoms with Crippen molar-refractivity contribution in [2.45, 2.75) is 39.7 Å². The molecule has 0 aliphatic heterocycles. The molecule has 0 bridgehead atoms. The van der Waals surface area contributed by atoms with Crippen LogP contribution < -0.4 is 11.1 Å². The monoisotopic (exact) mass is 414 g/mol. The molecule has 4 N–H and O–H groups in total. The van der Waals surface area contributed by atoms with Crippen LogP contribution in [0.2, 0.25) is 0 Å². The first-order valence-corrected chi connectivity index (χ1v) is 9.20. The first kappa shape index (κ1) is 24.0. The number of anilines is 1. The number of esters is 1. The van der Waals surface area contributed by atoms with E-state index in [1.807, 2.05) is 32.9 Å². The number of nitrogens with zero attached hydrogens (tertiary/aromatic N) is 1. The summed E-state index contributed by atoms with van der Waals surface area (Å²) in [7, 11) is 0. The Balaban J connectivity index is 0.00000420. The molecule has 29 heavy (non-hydrogen) atoms. The minimum absolute atomic E-state index is 0. The smallest absolute Gasteiger partial charge is 0.333 e. The molecule has 0 saturated heterocycles. The number of ether oxygens (including phenoxy) is 1. The van der Waals surface area contributed by atoms with Gasteiger partial charge in [-0.3, -0.25) is 5.41 Å². The number of hydrogen-bond donors (Lipinski definition) is 3. The van der Waals surface area contributed by atoms with Gasteiger partial charge in [0.05, 0.1) is 18.2 Å². The summed E-state index contributed by atoms with van der Waals surface area (Å²) in [6.45, 7) is 7.97. The van der Waals surface area contributed by atoms with Crippen LogP contribution in [-0.4, -0.2) is 18.4 Å². The van der Waals surface area contributed by atoms with E-state index in [0.29, 0.717) is 16.8 Å². The highest BCUT2D eigenvalue weighted by Gasteiger charge is 2.26. The summed E-state index contributed by atoms with van der Waals surface area (Å²) in [5, 5.41) is 20.0. The number of halogens is 1. The minimum Gasteiger partial charge on any atom is -0.464 e. The Kier molecular flexibility index (Phi) is 8.68. The lowest BCUT2D eigenvalue weighted by Gasteiger charge is -2.23. The van der Waals surface area contributed by atoms with Crippen molar-refractivity contribution in [2.24, 2.45) is 5.73 Å². The Labute approximate surface area is 178 Å². The maximum absolute atomic E-state index is 12.7. The van der Waals surface area contributed by atoms with Crippen molar-refractivity contribution in [3.05, 3.63) is 64.2 Å². The van der Waals surface area contributed by atoms with E-state index in [-0.39, 0.29) is 36.7 Å². The summed E-state index contributed by atoms with van der Waals surface area (Å²) in [6.07, 6.45) is 0. The van der Waals surface area contributed by atoms with Crippen LogP contribution in [0.4, 0.5) is 5.69 Å². The number of rotatable bonds is 7. The number of nitrogens with two attached hydrogens (primary N) is 1. The predicted octanol–water partition coefficient (Wildman–Crippen LogP) is 4.41. The second-order valence-electron chi connectivity index (χ2n) is 6.88. The van der Waals surface area contributed by atoms with Gasteiger partial charge in [-0.1, -0.05) is 19.9 Å². The van der Waals surface area contributed by atoms with Crippen molar-refractivity contribution in [3.63, 3.8) is 0 Å². The Morgan fingerprint density at radius 2 is 1.86 bits per heavy atom. The third-order valence-electron chi connectivity index (χ3n) is 4.51. The van der Waals surface area contributed by atoms with Crippen LogP contribution in [-0.2, 0) is 9.53 Å². The molecule has 0 aliphatic carbocycles. The highest BCUT2D eigenvalue weighted by Crippen LogP contribution is 2.30. The third-order valence-corrected chi connectivity index (χ3v) is 4.51. The van der Waals surface area contributed by atoms with Gasteiger partial charge in [0.25, 0.3) is 0 Å². The lowest BCUT2D eigenvalue weighted by Crippen LogP contribution is -2.25. The Morgan fingerprint density at radius 1 is 1.24 bits per heavy atom. The molecule has 0 aliphatic rings. The Bertz CT molecular complexity index is 918. The van der Waals surface area contributed by atoms with Gasteiger partial charge in [-0.15, -0.1) is 12.4 Å². The minimum atomic E-state index is -0.716. The van der Waals surface area contributed by atoms with E-state index < -0.39 is 6.04 Å². The molecule has 7 heteroatoms. The van der Waals surface area contributed by atoms with Crippen molar-refractivity contribution in [2.75, 3.05) is 11.9 Å². The van der Waals surface area contributed by atoms with Gasteiger partial charge in [-0.2, -0.15) is 5.26 Å². The van der Waals surface area contributed by atoms with Gasteiger partial charge in [0, 0.05) is 11.3 Å². The topological polar surface area (TPSA) is 112 Å². The molecule has 154 valence electrons. The van der Waals surface area contributed by atoms with Crippen molar-refractivity contribution in [3.8, 4) is 6.07 Å². The van der Waals surface area contributed by atoms with Crippen LogP contribution in [0.3, 0.4) is 0 Å². The summed E-state index contributed by atoms with van der Waals surface area (Å²) in [5.41, 5.74) is 10.2. The van der Waals surface area contributed by atoms with Crippen LogP contribution in [0.1, 0.15) is 60.5 Å². The summed E-state index contributed by atoms with van der Waals surface area (Å²) in [4.78, 5) is 12.7. The lowest BCUT2D eigenvalue weighted by molar-refractivity contribution is -0.144. The molecule has 2 rings (SSSR count). The van der Waals surface area contributed by atoms with E-state index in [0.717, 1.165) is 16.7 Å². The number of carbonyl (C=O) groups is 1. The first-order chi connectivity index (χ1) is 13.3. The molecule has 0 heterocycles. The van der Waals surface area contributed by atoms with Crippen LogP contribution in [0, 0.1) is 23.7 Å². The molecule has 0 radical (unpaired) electrons. The van der Waals surface area contributed by atoms with Crippen molar-refractivity contribution >= 4 is 29.9 Å². The molecular formula is C22H27ClN4O2. The van der Waals surface area contributed by atoms with E-state index in [2.05, 4.69) is 11.4 Å². The molecular weight excluding hydrogens is 388 g/mol. The quantitative estimate of drug-likeness (QED) is 0.353. The Hall–Kier alpha value is -3.04. The van der Waals surface area contributed by atoms with Gasteiger partial charge in [-0.05, 0) is 66.8 Å². The molecule has 0 aromatic heterocycles. The standard InChI is InChI=1S/C22H26N4O2.ClH/c1-5-28-22(27)20(26-16-8-6-15(12-23)7-9-16)18-11-17(13(2)3)19(21(24)25)10-14(18)4;/h6-11,13,20,26H,5H2,1-4H3,(H3,24,25);1H. The fraction of sp³-hybridized carbons (Fsp3) is 0.318. The molecule has 2 aromatic rings. The van der Waals surface area contributed by atoms with Gasteiger partial charge in [-0.25, -0.2) is 4.79 Å². The van der Waals surface area contributed by atoms with Crippen molar-refractivity contribution in [1.29, 1.82) is 10.7 Å². The molecule has 1 unspecified atom stereocenters. The fourth-order valence-corrected chi connectivity index (χ4v) is 3.06. The highest BCUT2D eigenvalue weighted by atomic mass is 35.5. The molecule has 0 fully saturated rings. The summed E-state index contributed by atoms with van der Waals surface area (Å²) in [5.74, 6) is -0.248. The highest BCUT2D eigenvalue weighted by molar-refractivity contribution is 5.97. The summed E-state index contributed by atoms with van der Waals surface area (Å²) >= 11 is 0. The zero-order chi connectivity index (χ0) is 20.8. The van der Waals surface area contributed by atoms with Gasteiger partial charge in [0.1, 0.15) is 5.84 Å². The average molecular weight is 415 g/mol. The molecule has 0 spiro atoms. The van der Waals surface area contributed by atoms with Crippen LogP contribution in [0.5, 0.6) is 0 Å². The maximum Gasteiger partial charge on any atom is 0.333 e. The van der Waals surface area contributed by atoms with Gasteiger partial charge in [0.2, 0.25) is 0 Å². The molecule has 1 atom stereocenters. The third kappa shape index (κ3) is 5.72. The number of hydrogen-bond acceptors (Lipinski definition) is 5. The number of nitrogen functional groups attached to an aromatic ring is 1. The zero-order valence-electron chi connectivity index (χ0n) is 17.1. The number of carbonyl (C=O) groups excluding carboxylic acids is 1. The summed E-state index contributed by atoms with van der Waals surface area (Å²) < 4.78 is 5.29. The molecule has 0 amide bonds. The van der Waals surface area contributed by atoms with Crippen LogP contribution in [0.25, 0.3) is 0 Å². The second-order valence-corrected chi connectivity index (χ2v) is 6.88. The fourth-order valence-electron chi connectivity index (χ4n) is 3.06. The van der Waals surface area contributed by atoms with E-state index in [9.17, 15) is 4.79 Å². The van der Waals surface area contributed by atoms with Crippen molar-refractivity contribution in [1.82, 2.24) is 0 Å². The molecule has 2 aromatic carbocycles. The SMILES string of the molecule is CCOC(=O)C(Nc1ccc(C#N)cc1)c1cc(C(C)C)c(C(=N)N)cc1C.Cl. The average Bonchev–Trinajstić information content (AvgIpc) is 2.66. The molecule has 6 nitrogen and oxygen atoms in total. The van der Waals surface area contributed by atoms with Gasteiger partial charge in [0.15, 0.2) is 6.04 Å². The van der Waals surface area contributed by atoms with Crippen LogP contribution in [0.15, 0.2) is 36.4 Å². The van der Waals surface area contributed by atoms with Crippen molar-refractivity contribution < 1.29 is 9.53 Å². The molecule has 0 saturated carbocycles. The zero-order valence-corrected chi connectivity index (χ0v) is 17.9. The largest absolute Gasteiger partial charge is 0.464 e. The second kappa shape index (κ2) is 10.5. The van der Waals surface area contributed by atoms with E-state index in [1.54, 1.807) is 31.2 Å². The number of nitrogens with one attached hydrogen (secondary N) is 2. The lowest BCUT2D eigenvalue weighted by atomic mass is 9.89.